The fourth-order valence-corrected chi connectivity index (χ4v) is 4.03. The van der Waals surface area contributed by atoms with Crippen LogP contribution >= 0.6 is 0 Å². The van der Waals surface area contributed by atoms with Gasteiger partial charge < -0.3 is 14.5 Å². The van der Waals surface area contributed by atoms with E-state index in [4.69, 9.17) is 4.74 Å². The van der Waals surface area contributed by atoms with Crippen molar-refractivity contribution in [3.05, 3.63) is 59.8 Å². The number of halogens is 1. The van der Waals surface area contributed by atoms with Crippen LogP contribution in [-0.2, 0) is 4.74 Å². The molecule has 0 unspecified atom stereocenters. The Hall–Kier alpha value is -3.00. The largest absolute Gasteiger partial charge is 0.378 e. The smallest absolute Gasteiger partial charge is 0.256 e. The number of anilines is 1. The van der Waals surface area contributed by atoms with Gasteiger partial charge in [0.25, 0.3) is 5.91 Å². The van der Waals surface area contributed by atoms with E-state index in [2.05, 4.69) is 21.0 Å². The summed E-state index contributed by atoms with van der Waals surface area (Å²) in [6.07, 6.45) is 2.77. The molecule has 1 atom stereocenters. The van der Waals surface area contributed by atoms with Crippen LogP contribution in [-0.4, -0.2) is 64.8 Å². The van der Waals surface area contributed by atoms with Crippen LogP contribution in [0.3, 0.4) is 0 Å². The molecule has 5 rings (SSSR count). The SMILES string of the molecule is O=C(c1ccccc1F)N1CC[C@@H](c2nc3ccc(N4CCOCC4)cn3n2)C1. The molecule has 0 spiro atoms. The van der Waals surface area contributed by atoms with E-state index < -0.39 is 5.82 Å². The Labute approximate surface area is 167 Å². The van der Waals surface area contributed by atoms with Gasteiger partial charge in [-0.3, -0.25) is 4.79 Å². The number of morpholine rings is 1. The molecule has 0 radical (unpaired) electrons. The molecule has 2 aliphatic heterocycles. The number of benzene rings is 1. The lowest BCUT2D eigenvalue weighted by Gasteiger charge is -2.28. The van der Waals surface area contributed by atoms with E-state index in [0.717, 1.165) is 49.9 Å². The van der Waals surface area contributed by atoms with Gasteiger partial charge in [0, 0.05) is 32.1 Å². The predicted octanol–water partition coefficient (Wildman–Crippen LogP) is 2.33. The van der Waals surface area contributed by atoms with Gasteiger partial charge in [-0.2, -0.15) is 5.10 Å². The highest BCUT2D eigenvalue weighted by Gasteiger charge is 2.31. The van der Waals surface area contributed by atoms with Crippen LogP contribution in [0.5, 0.6) is 0 Å². The van der Waals surface area contributed by atoms with Crippen molar-refractivity contribution in [1.29, 1.82) is 0 Å². The number of ether oxygens (including phenoxy) is 1. The summed E-state index contributed by atoms with van der Waals surface area (Å²) in [5.74, 6) is 0.0248. The Morgan fingerprint density at radius 1 is 1.10 bits per heavy atom. The van der Waals surface area contributed by atoms with Crippen LogP contribution in [0, 0.1) is 5.82 Å². The zero-order valence-corrected chi connectivity index (χ0v) is 16.0. The fourth-order valence-electron chi connectivity index (χ4n) is 4.03. The number of rotatable bonds is 3. The summed E-state index contributed by atoms with van der Waals surface area (Å²) in [6, 6.07) is 10.1. The molecule has 8 heteroatoms. The summed E-state index contributed by atoms with van der Waals surface area (Å²) >= 11 is 0. The van der Waals surface area contributed by atoms with E-state index in [1.165, 1.54) is 12.1 Å². The van der Waals surface area contributed by atoms with Crippen LogP contribution in [0.15, 0.2) is 42.6 Å². The standard InChI is InChI=1S/C21H22FN5O2/c22-18-4-2-1-3-17(18)21(28)26-8-7-15(13-26)20-23-19-6-5-16(14-27(19)24-20)25-9-11-29-12-10-25/h1-6,14-15H,7-13H2/t15-/m1/s1. The molecule has 150 valence electrons. The van der Waals surface area contributed by atoms with Gasteiger partial charge in [-0.25, -0.2) is 13.9 Å². The molecule has 3 aromatic rings. The number of hydrogen-bond acceptors (Lipinski definition) is 5. The number of carbonyl (C=O) groups is 1. The molecule has 1 aromatic carbocycles. The van der Waals surface area contributed by atoms with Crippen molar-refractivity contribution in [2.24, 2.45) is 0 Å². The topological polar surface area (TPSA) is 63.0 Å². The van der Waals surface area contributed by atoms with Crippen molar-refractivity contribution in [2.75, 3.05) is 44.3 Å². The second-order valence-corrected chi connectivity index (χ2v) is 7.48. The Morgan fingerprint density at radius 2 is 1.93 bits per heavy atom. The summed E-state index contributed by atoms with van der Waals surface area (Å²) in [6.45, 7) is 4.27. The average molecular weight is 395 g/mol. The number of carbonyl (C=O) groups excluding carboxylic acids is 1. The lowest BCUT2D eigenvalue weighted by atomic mass is 10.1. The lowest BCUT2D eigenvalue weighted by molar-refractivity contribution is 0.0786. The number of amides is 1. The Bertz CT molecular complexity index is 1050. The van der Waals surface area contributed by atoms with E-state index >= 15 is 0 Å². The molecular formula is C21H22FN5O2. The maximum absolute atomic E-state index is 14.0. The molecule has 0 saturated carbocycles. The molecule has 29 heavy (non-hydrogen) atoms. The third kappa shape index (κ3) is 3.44. The highest BCUT2D eigenvalue weighted by Crippen LogP contribution is 2.27. The first kappa shape index (κ1) is 18.1. The molecule has 7 nitrogen and oxygen atoms in total. The van der Waals surface area contributed by atoms with Crippen molar-refractivity contribution < 1.29 is 13.9 Å². The minimum Gasteiger partial charge on any atom is -0.378 e. The summed E-state index contributed by atoms with van der Waals surface area (Å²) in [5, 5.41) is 4.67. The third-order valence-electron chi connectivity index (χ3n) is 5.65. The number of pyridine rings is 1. The van der Waals surface area contributed by atoms with Gasteiger partial charge in [-0.05, 0) is 30.7 Å². The monoisotopic (exact) mass is 395 g/mol. The molecule has 2 aliphatic rings. The first-order valence-electron chi connectivity index (χ1n) is 9.92. The molecule has 0 N–H and O–H groups in total. The minimum atomic E-state index is -0.484. The van der Waals surface area contributed by atoms with Crippen molar-refractivity contribution in [2.45, 2.75) is 12.3 Å². The Morgan fingerprint density at radius 3 is 2.76 bits per heavy atom. The van der Waals surface area contributed by atoms with Gasteiger partial charge in [0.15, 0.2) is 11.5 Å². The summed E-state index contributed by atoms with van der Waals surface area (Å²) < 4.78 is 21.2. The number of aromatic nitrogens is 3. The second-order valence-electron chi connectivity index (χ2n) is 7.48. The van der Waals surface area contributed by atoms with Crippen LogP contribution in [0.25, 0.3) is 5.65 Å². The van der Waals surface area contributed by atoms with Crippen molar-refractivity contribution in [1.82, 2.24) is 19.5 Å². The van der Waals surface area contributed by atoms with E-state index in [9.17, 15) is 9.18 Å². The van der Waals surface area contributed by atoms with Gasteiger partial charge in [0.1, 0.15) is 5.82 Å². The Balaban J connectivity index is 1.33. The van der Waals surface area contributed by atoms with Crippen LogP contribution in [0.2, 0.25) is 0 Å². The van der Waals surface area contributed by atoms with Crippen molar-refractivity contribution in [3.63, 3.8) is 0 Å². The van der Waals surface area contributed by atoms with Gasteiger partial charge in [-0.15, -0.1) is 0 Å². The lowest BCUT2D eigenvalue weighted by Crippen LogP contribution is -2.36. The van der Waals surface area contributed by atoms with Crippen LogP contribution in [0.1, 0.15) is 28.5 Å². The molecule has 2 fully saturated rings. The van der Waals surface area contributed by atoms with Crippen LogP contribution in [0.4, 0.5) is 10.1 Å². The maximum Gasteiger partial charge on any atom is 0.256 e. The van der Waals surface area contributed by atoms with Gasteiger partial charge >= 0.3 is 0 Å². The van der Waals surface area contributed by atoms with E-state index in [0.29, 0.717) is 13.1 Å². The first-order valence-corrected chi connectivity index (χ1v) is 9.92. The summed E-state index contributed by atoms with van der Waals surface area (Å²) in [5.41, 5.74) is 2.00. The average Bonchev–Trinajstić information content (AvgIpc) is 3.41. The van der Waals surface area contributed by atoms with E-state index in [-0.39, 0.29) is 17.4 Å². The molecule has 2 saturated heterocycles. The number of likely N-dealkylation sites (tertiary alicyclic amines) is 1. The zero-order valence-electron chi connectivity index (χ0n) is 16.0. The quantitative estimate of drug-likeness (QED) is 0.681. The first-order chi connectivity index (χ1) is 14.2. The Kier molecular flexibility index (Phi) is 4.63. The second kappa shape index (κ2) is 7.44. The number of fused-ring (bicyclic) bond motifs is 1. The number of nitrogens with zero attached hydrogens (tertiary/aromatic N) is 5. The molecule has 4 heterocycles. The predicted molar refractivity (Wildman–Crippen MR) is 106 cm³/mol. The van der Waals surface area contributed by atoms with E-state index in [1.807, 2.05) is 16.8 Å². The van der Waals surface area contributed by atoms with E-state index in [1.54, 1.807) is 17.0 Å². The van der Waals surface area contributed by atoms with Gasteiger partial charge in [0.05, 0.1) is 30.7 Å². The van der Waals surface area contributed by atoms with Gasteiger partial charge in [-0.1, -0.05) is 12.1 Å². The highest BCUT2D eigenvalue weighted by molar-refractivity contribution is 5.94. The van der Waals surface area contributed by atoms with Crippen molar-refractivity contribution in [3.8, 4) is 0 Å². The summed E-state index contributed by atoms with van der Waals surface area (Å²) in [4.78, 5) is 21.3. The maximum atomic E-state index is 14.0. The molecular weight excluding hydrogens is 373 g/mol. The fraction of sp³-hybridized carbons (Fsp3) is 0.381. The molecule has 2 aromatic heterocycles. The zero-order chi connectivity index (χ0) is 19.8. The molecule has 0 bridgehead atoms. The minimum absolute atomic E-state index is 0.0532. The highest BCUT2D eigenvalue weighted by atomic mass is 19.1. The molecule has 1 amide bonds. The normalized spacial score (nSPS) is 19.8. The van der Waals surface area contributed by atoms with Crippen LogP contribution < -0.4 is 4.90 Å². The summed E-state index contributed by atoms with van der Waals surface area (Å²) in [7, 11) is 0. The van der Waals surface area contributed by atoms with Crippen molar-refractivity contribution >= 4 is 17.2 Å². The third-order valence-corrected chi connectivity index (χ3v) is 5.65. The van der Waals surface area contributed by atoms with Gasteiger partial charge in [0.2, 0.25) is 0 Å². The number of hydrogen-bond donors (Lipinski definition) is 0. The molecule has 0 aliphatic carbocycles.